The third kappa shape index (κ3) is 3.19. The van der Waals surface area contributed by atoms with Crippen molar-refractivity contribution in [1.29, 1.82) is 0 Å². The van der Waals surface area contributed by atoms with Gasteiger partial charge in [-0.15, -0.1) is 10.2 Å². The van der Waals surface area contributed by atoms with Crippen molar-refractivity contribution in [3.63, 3.8) is 0 Å². The molecule has 0 amide bonds. The Morgan fingerprint density at radius 1 is 0.913 bits per heavy atom. The lowest BCUT2D eigenvalue weighted by molar-refractivity contribution is 0.686. The van der Waals surface area contributed by atoms with Crippen LogP contribution in [0.25, 0.3) is 22.0 Å². The molecule has 1 aromatic heterocycles. The van der Waals surface area contributed by atoms with E-state index >= 15 is 0 Å². The maximum atomic E-state index is 4.51. The first kappa shape index (κ1) is 15.5. The van der Waals surface area contributed by atoms with Gasteiger partial charge in [0.25, 0.3) is 0 Å². The largest absolute Gasteiger partial charge is 0.368 e. The first-order chi connectivity index (χ1) is 11.1. The number of hydrogen-bond donors (Lipinski definition) is 1. The van der Waals surface area contributed by atoms with E-state index in [1.54, 1.807) is 0 Å². The molecule has 1 heterocycles. The Balaban J connectivity index is 2.12. The molecule has 2 aromatic carbocycles. The molecule has 3 nitrogen and oxygen atoms in total. The minimum atomic E-state index is 0.565. The van der Waals surface area contributed by atoms with Crippen LogP contribution in [-0.4, -0.2) is 16.7 Å². The molecule has 0 saturated heterocycles. The number of benzene rings is 2. The molecule has 1 N–H and O–H groups in total. The van der Waals surface area contributed by atoms with Gasteiger partial charge in [-0.1, -0.05) is 50.2 Å². The predicted octanol–water partition coefficient (Wildman–Crippen LogP) is 4.98. The summed E-state index contributed by atoms with van der Waals surface area (Å²) in [7, 11) is 0. The molecule has 0 spiro atoms. The van der Waals surface area contributed by atoms with Crippen LogP contribution >= 0.6 is 0 Å². The van der Waals surface area contributed by atoms with Crippen molar-refractivity contribution in [3.05, 3.63) is 53.6 Å². The Bertz CT molecular complexity index is 837. The second-order valence-electron chi connectivity index (χ2n) is 6.52. The van der Waals surface area contributed by atoms with Crippen LogP contribution in [-0.2, 0) is 0 Å². The van der Waals surface area contributed by atoms with Crippen molar-refractivity contribution in [3.8, 4) is 11.3 Å². The Labute approximate surface area is 137 Å². The van der Waals surface area contributed by atoms with Crippen LogP contribution in [0.4, 0.5) is 5.82 Å². The zero-order valence-electron chi connectivity index (χ0n) is 14.2. The molecule has 0 saturated carbocycles. The summed E-state index contributed by atoms with van der Waals surface area (Å²) < 4.78 is 0. The Kier molecular flexibility index (Phi) is 4.28. The van der Waals surface area contributed by atoms with Crippen LogP contribution in [0.1, 0.15) is 25.0 Å². The van der Waals surface area contributed by atoms with Gasteiger partial charge in [0, 0.05) is 22.9 Å². The molecule has 0 aliphatic rings. The lowest BCUT2D eigenvalue weighted by Gasteiger charge is -2.13. The fourth-order valence-corrected chi connectivity index (χ4v) is 2.64. The standard InChI is InChI=1S/C20H23N3/c1-13(2)12-21-20-18-8-6-5-7-17(18)19(22-23-20)16-10-9-14(3)15(4)11-16/h5-11,13H,12H2,1-4H3,(H,21,23). The lowest BCUT2D eigenvalue weighted by Crippen LogP contribution is -2.10. The second kappa shape index (κ2) is 6.37. The summed E-state index contributed by atoms with van der Waals surface area (Å²) >= 11 is 0. The summed E-state index contributed by atoms with van der Waals surface area (Å²) in [5, 5.41) is 14.6. The molecule has 0 atom stereocenters. The van der Waals surface area contributed by atoms with E-state index < -0.39 is 0 Å². The van der Waals surface area contributed by atoms with Crippen LogP contribution < -0.4 is 5.32 Å². The maximum Gasteiger partial charge on any atom is 0.156 e. The van der Waals surface area contributed by atoms with E-state index in [0.29, 0.717) is 5.92 Å². The first-order valence-corrected chi connectivity index (χ1v) is 8.13. The Morgan fingerprint density at radius 2 is 1.65 bits per heavy atom. The van der Waals surface area contributed by atoms with Crippen molar-refractivity contribution in [1.82, 2.24) is 10.2 Å². The fourth-order valence-electron chi connectivity index (χ4n) is 2.64. The fraction of sp³-hybridized carbons (Fsp3) is 0.300. The first-order valence-electron chi connectivity index (χ1n) is 8.13. The Morgan fingerprint density at radius 3 is 2.35 bits per heavy atom. The minimum Gasteiger partial charge on any atom is -0.368 e. The molecule has 0 radical (unpaired) electrons. The van der Waals surface area contributed by atoms with E-state index in [9.17, 15) is 0 Å². The van der Waals surface area contributed by atoms with Crippen molar-refractivity contribution in [2.45, 2.75) is 27.7 Å². The van der Waals surface area contributed by atoms with E-state index in [2.05, 4.69) is 85.7 Å². The van der Waals surface area contributed by atoms with Gasteiger partial charge in [0.15, 0.2) is 5.82 Å². The van der Waals surface area contributed by atoms with E-state index in [4.69, 9.17) is 0 Å². The highest BCUT2D eigenvalue weighted by molar-refractivity contribution is 6.00. The highest BCUT2D eigenvalue weighted by Crippen LogP contribution is 2.30. The SMILES string of the molecule is Cc1ccc(-c2nnc(NCC(C)C)c3ccccc23)cc1C. The van der Waals surface area contributed by atoms with Crippen molar-refractivity contribution >= 4 is 16.6 Å². The van der Waals surface area contributed by atoms with E-state index in [0.717, 1.165) is 34.4 Å². The van der Waals surface area contributed by atoms with Crippen LogP contribution in [0, 0.1) is 19.8 Å². The summed E-state index contributed by atoms with van der Waals surface area (Å²) in [4.78, 5) is 0. The minimum absolute atomic E-state index is 0.565. The summed E-state index contributed by atoms with van der Waals surface area (Å²) in [5.74, 6) is 1.43. The smallest absolute Gasteiger partial charge is 0.156 e. The van der Waals surface area contributed by atoms with Gasteiger partial charge in [-0.3, -0.25) is 0 Å². The molecule has 0 bridgehead atoms. The normalized spacial score (nSPS) is 11.2. The third-order valence-electron chi connectivity index (χ3n) is 4.15. The molecule has 0 unspecified atom stereocenters. The van der Waals surface area contributed by atoms with Gasteiger partial charge in [-0.2, -0.15) is 0 Å². The number of hydrogen-bond acceptors (Lipinski definition) is 3. The molecule has 0 fully saturated rings. The number of anilines is 1. The lowest BCUT2D eigenvalue weighted by atomic mass is 10.0. The predicted molar refractivity (Wildman–Crippen MR) is 97.8 cm³/mol. The summed E-state index contributed by atoms with van der Waals surface area (Å²) in [6, 6.07) is 14.8. The summed E-state index contributed by atoms with van der Waals surface area (Å²) in [5.41, 5.74) is 4.63. The van der Waals surface area contributed by atoms with Gasteiger partial charge in [-0.25, -0.2) is 0 Å². The van der Waals surface area contributed by atoms with Gasteiger partial charge < -0.3 is 5.32 Å². The van der Waals surface area contributed by atoms with Gasteiger partial charge in [0.1, 0.15) is 5.69 Å². The maximum absolute atomic E-state index is 4.51. The van der Waals surface area contributed by atoms with Gasteiger partial charge in [-0.05, 0) is 37.0 Å². The van der Waals surface area contributed by atoms with Gasteiger partial charge >= 0.3 is 0 Å². The van der Waals surface area contributed by atoms with E-state index in [-0.39, 0.29) is 0 Å². The highest BCUT2D eigenvalue weighted by atomic mass is 15.2. The van der Waals surface area contributed by atoms with Crippen molar-refractivity contribution in [2.75, 3.05) is 11.9 Å². The van der Waals surface area contributed by atoms with Crippen LogP contribution in [0.5, 0.6) is 0 Å². The number of aromatic nitrogens is 2. The zero-order valence-corrected chi connectivity index (χ0v) is 14.2. The topological polar surface area (TPSA) is 37.8 Å². The quantitative estimate of drug-likeness (QED) is 0.738. The number of aryl methyl sites for hydroxylation is 2. The molecule has 3 aromatic rings. The molecule has 3 heteroatoms. The van der Waals surface area contributed by atoms with Gasteiger partial charge in [0.05, 0.1) is 0 Å². The molecule has 0 aliphatic carbocycles. The Hall–Kier alpha value is -2.42. The molecule has 23 heavy (non-hydrogen) atoms. The van der Waals surface area contributed by atoms with Crippen molar-refractivity contribution < 1.29 is 0 Å². The van der Waals surface area contributed by atoms with Crippen molar-refractivity contribution in [2.24, 2.45) is 5.92 Å². The molecule has 3 rings (SSSR count). The zero-order chi connectivity index (χ0) is 16.4. The molecular weight excluding hydrogens is 282 g/mol. The third-order valence-corrected chi connectivity index (χ3v) is 4.15. The van der Waals surface area contributed by atoms with Gasteiger partial charge in [0.2, 0.25) is 0 Å². The highest BCUT2D eigenvalue weighted by Gasteiger charge is 2.11. The molecular formula is C20H23N3. The number of nitrogens with one attached hydrogen (secondary N) is 1. The van der Waals surface area contributed by atoms with Crippen LogP contribution in [0.15, 0.2) is 42.5 Å². The van der Waals surface area contributed by atoms with E-state index in [1.165, 1.54) is 11.1 Å². The number of nitrogens with zero attached hydrogens (tertiary/aromatic N) is 2. The number of fused-ring (bicyclic) bond motifs is 1. The van der Waals surface area contributed by atoms with Crippen LogP contribution in [0.3, 0.4) is 0 Å². The summed E-state index contributed by atoms with van der Waals surface area (Å²) in [6.45, 7) is 9.52. The summed E-state index contributed by atoms with van der Waals surface area (Å²) in [6.07, 6.45) is 0. The number of rotatable bonds is 4. The second-order valence-corrected chi connectivity index (χ2v) is 6.52. The molecule has 118 valence electrons. The van der Waals surface area contributed by atoms with Crippen LogP contribution in [0.2, 0.25) is 0 Å². The molecule has 0 aliphatic heterocycles. The van der Waals surface area contributed by atoms with E-state index in [1.807, 2.05) is 0 Å². The monoisotopic (exact) mass is 305 g/mol. The average Bonchev–Trinajstić information content (AvgIpc) is 2.55. The average molecular weight is 305 g/mol.